The van der Waals surface area contributed by atoms with E-state index in [1.165, 1.54) is 36.0 Å². The molecule has 4 heteroatoms. The van der Waals surface area contributed by atoms with Gasteiger partial charge in [0.1, 0.15) is 0 Å². The van der Waals surface area contributed by atoms with Crippen LogP contribution in [0.4, 0.5) is 5.69 Å². The second-order valence-electron chi connectivity index (χ2n) is 8.25. The molecule has 1 aliphatic carbocycles. The van der Waals surface area contributed by atoms with Gasteiger partial charge in [-0.1, -0.05) is 33.8 Å². The van der Waals surface area contributed by atoms with Crippen molar-refractivity contribution < 1.29 is 9.53 Å². The van der Waals surface area contributed by atoms with Gasteiger partial charge in [0.05, 0.1) is 12.7 Å². The lowest BCUT2D eigenvalue weighted by molar-refractivity contribution is 0.0601. The summed E-state index contributed by atoms with van der Waals surface area (Å²) in [5, 5.41) is 0. The molecule has 0 radical (unpaired) electrons. The standard InChI is InChI=1S/C22H27NO2S/c1-21(2)12-13-22(3,4)19-14-17(10-11-18(19)21)26-23-16-8-6-15(7-9-16)20(24)25-5/h6-11,14,23H,12-13H2,1-5H3. The SMILES string of the molecule is COC(=O)c1ccc(NSc2ccc3c(c2)C(C)(C)CCC3(C)C)cc1. The number of methoxy groups -OCH3 is 1. The van der Waals surface area contributed by atoms with Crippen molar-refractivity contribution in [2.24, 2.45) is 0 Å². The highest BCUT2D eigenvalue weighted by Gasteiger charge is 2.36. The van der Waals surface area contributed by atoms with Gasteiger partial charge in [-0.05, 0) is 83.1 Å². The van der Waals surface area contributed by atoms with Crippen LogP contribution >= 0.6 is 11.9 Å². The average molecular weight is 370 g/mol. The molecule has 0 unspecified atom stereocenters. The highest BCUT2D eigenvalue weighted by Crippen LogP contribution is 2.46. The monoisotopic (exact) mass is 369 g/mol. The minimum Gasteiger partial charge on any atom is -0.465 e. The third-order valence-electron chi connectivity index (χ3n) is 5.42. The van der Waals surface area contributed by atoms with Crippen molar-refractivity contribution in [3.63, 3.8) is 0 Å². The Morgan fingerprint density at radius 1 is 0.962 bits per heavy atom. The largest absolute Gasteiger partial charge is 0.465 e. The molecular weight excluding hydrogens is 342 g/mol. The molecule has 0 aliphatic heterocycles. The number of carbonyl (C=O) groups excluding carboxylic acids is 1. The molecule has 0 spiro atoms. The Morgan fingerprint density at radius 2 is 1.58 bits per heavy atom. The van der Waals surface area contributed by atoms with E-state index >= 15 is 0 Å². The van der Waals surface area contributed by atoms with Crippen LogP contribution in [0.2, 0.25) is 0 Å². The maximum Gasteiger partial charge on any atom is 0.337 e. The van der Waals surface area contributed by atoms with Crippen LogP contribution in [0.15, 0.2) is 47.4 Å². The number of hydrogen-bond acceptors (Lipinski definition) is 4. The molecule has 3 nitrogen and oxygen atoms in total. The smallest absolute Gasteiger partial charge is 0.337 e. The zero-order valence-electron chi connectivity index (χ0n) is 16.2. The number of hydrogen-bond donors (Lipinski definition) is 1. The molecule has 1 aliphatic rings. The molecule has 0 saturated carbocycles. The maximum atomic E-state index is 11.5. The fourth-order valence-electron chi connectivity index (χ4n) is 3.54. The minimum absolute atomic E-state index is 0.212. The zero-order valence-corrected chi connectivity index (χ0v) is 17.0. The molecule has 0 fully saturated rings. The van der Waals surface area contributed by atoms with E-state index in [1.54, 1.807) is 24.1 Å². The normalized spacial score (nSPS) is 17.3. The first kappa shape index (κ1) is 18.8. The Hall–Kier alpha value is -1.94. The Labute approximate surface area is 160 Å². The first-order chi connectivity index (χ1) is 12.2. The van der Waals surface area contributed by atoms with Gasteiger partial charge in [-0.15, -0.1) is 0 Å². The summed E-state index contributed by atoms with van der Waals surface area (Å²) in [4.78, 5) is 12.7. The molecular formula is C22H27NO2S. The lowest BCUT2D eigenvalue weighted by Gasteiger charge is -2.42. The van der Waals surface area contributed by atoms with Crippen molar-refractivity contribution in [3.8, 4) is 0 Å². The summed E-state index contributed by atoms with van der Waals surface area (Å²) in [5.41, 5.74) is 4.90. The molecule has 1 N–H and O–H groups in total. The van der Waals surface area contributed by atoms with Crippen molar-refractivity contribution in [1.82, 2.24) is 0 Å². The summed E-state index contributed by atoms with van der Waals surface area (Å²) in [5.74, 6) is -0.316. The first-order valence-electron chi connectivity index (χ1n) is 8.99. The Bertz CT molecular complexity index is 809. The fraction of sp³-hybridized carbons (Fsp3) is 0.409. The fourth-order valence-corrected chi connectivity index (χ4v) is 4.23. The molecule has 0 saturated heterocycles. The van der Waals surface area contributed by atoms with Crippen molar-refractivity contribution in [3.05, 3.63) is 59.2 Å². The van der Waals surface area contributed by atoms with E-state index in [-0.39, 0.29) is 16.8 Å². The summed E-state index contributed by atoms with van der Waals surface area (Å²) in [6, 6.07) is 14.1. The van der Waals surface area contributed by atoms with Crippen LogP contribution in [-0.4, -0.2) is 13.1 Å². The highest BCUT2D eigenvalue weighted by molar-refractivity contribution is 8.00. The predicted octanol–water partition coefficient (Wildman–Crippen LogP) is 5.94. The molecule has 3 rings (SSSR count). The van der Waals surface area contributed by atoms with Crippen molar-refractivity contribution in [2.75, 3.05) is 11.8 Å². The quantitative estimate of drug-likeness (QED) is 0.534. The van der Waals surface area contributed by atoms with Crippen molar-refractivity contribution in [1.29, 1.82) is 0 Å². The molecule has 26 heavy (non-hydrogen) atoms. The molecule has 0 amide bonds. The lowest BCUT2D eigenvalue weighted by atomic mass is 9.63. The molecule has 0 bridgehead atoms. The zero-order chi connectivity index (χ0) is 18.9. The van der Waals surface area contributed by atoms with Gasteiger partial charge >= 0.3 is 5.97 Å². The number of ether oxygens (including phenoxy) is 1. The molecule has 0 heterocycles. The number of anilines is 1. The van der Waals surface area contributed by atoms with E-state index in [4.69, 9.17) is 4.74 Å². The van der Waals surface area contributed by atoms with Crippen LogP contribution < -0.4 is 4.72 Å². The Morgan fingerprint density at radius 3 is 2.19 bits per heavy atom. The molecule has 0 aromatic heterocycles. The third-order valence-corrected chi connectivity index (χ3v) is 6.24. The van der Waals surface area contributed by atoms with Gasteiger partial charge in [0.15, 0.2) is 0 Å². The van der Waals surface area contributed by atoms with E-state index in [2.05, 4.69) is 50.6 Å². The Kier molecular flexibility index (Phi) is 5.07. The van der Waals surface area contributed by atoms with Crippen LogP contribution in [0.1, 0.15) is 62.0 Å². The molecule has 0 atom stereocenters. The van der Waals surface area contributed by atoms with Gasteiger partial charge in [0, 0.05) is 10.6 Å². The van der Waals surface area contributed by atoms with Crippen LogP contribution in [-0.2, 0) is 15.6 Å². The third kappa shape index (κ3) is 3.75. The second-order valence-corrected chi connectivity index (χ2v) is 9.13. The van der Waals surface area contributed by atoms with Gasteiger partial charge in [-0.25, -0.2) is 4.79 Å². The van der Waals surface area contributed by atoms with E-state index < -0.39 is 0 Å². The summed E-state index contributed by atoms with van der Waals surface area (Å²) in [6.07, 6.45) is 2.44. The maximum absolute atomic E-state index is 11.5. The number of esters is 1. The van der Waals surface area contributed by atoms with Crippen LogP contribution in [0.3, 0.4) is 0 Å². The van der Waals surface area contributed by atoms with E-state index in [9.17, 15) is 4.79 Å². The summed E-state index contributed by atoms with van der Waals surface area (Å²) in [7, 11) is 1.39. The second kappa shape index (κ2) is 6.99. The number of benzene rings is 2. The van der Waals surface area contributed by atoms with E-state index in [0.717, 1.165) is 5.69 Å². The van der Waals surface area contributed by atoms with Crippen molar-refractivity contribution in [2.45, 2.75) is 56.3 Å². The van der Waals surface area contributed by atoms with E-state index in [1.807, 2.05) is 12.1 Å². The molecule has 2 aromatic rings. The number of rotatable bonds is 4. The van der Waals surface area contributed by atoms with E-state index in [0.29, 0.717) is 5.56 Å². The molecule has 138 valence electrons. The van der Waals surface area contributed by atoms with Gasteiger partial charge in [0.2, 0.25) is 0 Å². The Balaban J connectivity index is 1.76. The first-order valence-corrected chi connectivity index (χ1v) is 9.81. The van der Waals surface area contributed by atoms with Gasteiger partial charge in [0.25, 0.3) is 0 Å². The topological polar surface area (TPSA) is 38.3 Å². The summed E-state index contributed by atoms with van der Waals surface area (Å²) < 4.78 is 8.09. The van der Waals surface area contributed by atoms with Gasteiger partial charge in [-0.3, -0.25) is 0 Å². The van der Waals surface area contributed by atoms with Crippen molar-refractivity contribution >= 4 is 23.6 Å². The highest BCUT2D eigenvalue weighted by atomic mass is 32.2. The van der Waals surface area contributed by atoms with Gasteiger partial charge in [-0.2, -0.15) is 0 Å². The average Bonchev–Trinajstić information content (AvgIpc) is 2.63. The number of nitrogens with one attached hydrogen (secondary N) is 1. The number of carbonyl (C=O) groups is 1. The van der Waals surface area contributed by atoms with Crippen LogP contribution in [0.5, 0.6) is 0 Å². The lowest BCUT2D eigenvalue weighted by Crippen LogP contribution is -2.33. The summed E-state index contributed by atoms with van der Waals surface area (Å²) >= 11 is 1.60. The van der Waals surface area contributed by atoms with Crippen LogP contribution in [0, 0.1) is 0 Å². The number of fused-ring (bicyclic) bond motifs is 1. The minimum atomic E-state index is -0.316. The van der Waals surface area contributed by atoms with Crippen LogP contribution in [0.25, 0.3) is 0 Å². The van der Waals surface area contributed by atoms with Gasteiger partial charge < -0.3 is 9.46 Å². The predicted molar refractivity (Wildman–Crippen MR) is 109 cm³/mol. The molecule has 2 aromatic carbocycles. The summed E-state index contributed by atoms with van der Waals surface area (Å²) in [6.45, 7) is 9.37.